The number of carbonyl (C=O) groups is 3. The third kappa shape index (κ3) is 4.53. The van der Waals surface area contributed by atoms with Gasteiger partial charge in [-0.1, -0.05) is 12.1 Å². The first kappa shape index (κ1) is 24.1. The van der Waals surface area contributed by atoms with Crippen molar-refractivity contribution in [2.24, 2.45) is 0 Å². The average molecular weight is 500 g/mol. The molecule has 8 heteroatoms. The molecule has 1 aliphatic rings. The number of hydrogen-bond acceptors (Lipinski definition) is 7. The van der Waals surface area contributed by atoms with E-state index in [2.05, 4.69) is 0 Å². The van der Waals surface area contributed by atoms with Crippen molar-refractivity contribution < 1.29 is 33.0 Å². The first-order valence-corrected chi connectivity index (χ1v) is 12.0. The molecule has 0 bridgehead atoms. The summed E-state index contributed by atoms with van der Waals surface area (Å²) in [6.07, 6.45) is 0.513. The molecule has 0 fully saturated rings. The Morgan fingerprint density at radius 2 is 1.73 bits per heavy atom. The molecule has 1 aromatic heterocycles. The SMILES string of the molecule is CCOC(=O)c1c(-c2ccc(OC)cc2)oc2ccc(OCCCN3C(=O)C(=O)c4ccccc43)cc12. The summed E-state index contributed by atoms with van der Waals surface area (Å²) >= 11 is 0. The summed E-state index contributed by atoms with van der Waals surface area (Å²) in [5.41, 5.74) is 2.62. The van der Waals surface area contributed by atoms with E-state index in [0.29, 0.717) is 70.2 Å². The molecule has 8 nitrogen and oxygen atoms in total. The van der Waals surface area contributed by atoms with Crippen LogP contribution in [0.2, 0.25) is 0 Å². The van der Waals surface area contributed by atoms with Crippen LogP contribution in [0.1, 0.15) is 34.1 Å². The number of nitrogens with zero attached hydrogens (tertiary/aromatic N) is 1. The van der Waals surface area contributed by atoms with Crippen LogP contribution in [0.25, 0.3) is 22.3 Å². The fourth-order valence-electron chi connectivity index (χ4n) is 4.40. The number of anilines is 1. The number of fused-ring (bicyclic) bond motifs is 2. The quantitative estimate of drug-likeness (QED) is 0.176. The smallest absolute Gasteiger partial charge is 0.342 e. The maximum atomic E-state index is 12.9. The number of furan rings is 1. The third-order valence-corrected chi connectivity index (χ3v) is 6.16. The normalized spacial score (nSPS) is 12.6. The van der Waals surface area contributed by atoms with Gasteiger partial charge in [0.2, 0.25) is 0 Å². The summed E-state index contributed by atoms with van der Waals surface area (Å²) in [5, 5.41) is 0.580. The number of rotatable bonds is 9. The molecule has 3 aromatic carbocycles. The molecule has 1 aliphatic heterocycles. The minimum Gasteiger partial charge on any atom is -0.497 e. The molecular formula is C29H25NO7. The van der Waals surface area contributed by atoms with Crippen LogP contribution >= 0.6 is 0 Å². The lowest BCUT2D eigenvalue weighted by molar-refractivity contribution is -0.114. The number of hydrogen-bond donors (Lipinski definition) is 0. The number of para-hydroxylation sites is 1. The number of ether oxygens (including phenoxy) is 3. The van der Waals surface area contributed by atoms with Crippen molar-refractivity contribution in [3.8, 4) is 22.8 Å². The van der Waals surface area contributed by atoms with Crippen LogP contribution in [0.3, 0.4) is 0 Å². The van der Waals surface area contributed by atoms with Crippen molar-refractivity contribution in [2.45, 2.75) is 13.3 Å². The Labute approximate surface area is 213 Å². The lowest BCUT2D eigenvalue weighted by atomic mass is 10.1. The van der Waals surface area contributed by atoms with Crippen LogP contribution in [0.4, 0.5) is 5.69 Å². The van der Waals surface area contributed by atoms with Crippen molar-refractivity contribution in [2.75, 3.05) is 31.8 Å². The van der Waals surface area contributed by atoms with Crippen LogP contribution in [0.15, 0.2) is 71.1 Å². The van der Waals surface area contributed by atoms with Crippen LogP contribution in [0, 0.1) is 0 Å². The number of methoxy groups -OCH3 is 1. The van der Waals surface area contributed by atoms with Gasteiger partial charge in [0, 0.05) is 17.5 Å². The molecule has 0 saturated carbocycles. The summed E-state index contributed by atoms with van der Waals surface area (Å²) in [7, 11) is 1.59. The number of amides is 1. The number of carbonyl (C=O) groups excluding carboxylic acids is 3. The highest BCUT2D eigenvalue weighted by Crippen LogP contribution is 2.37. The summed E-state index contributed by atoms with van der Waals surface area (Å²) < 4.78 is 22.5. The standard InChI is InChI=1S/C29H25NO7/c1-3-35-29(33)25-22-17-20(13-14-24(22)37-27(25)18-9-11-19(34-2)12-10-18)36-16-6-15-30-23-8-5-4-7-21(23)26(31)28(30)32/h4-5,7-14,17H,3,6,15-16H2,1-2H3. The van der Waals surface area contributed by atoms with Gasteiger partial charge in [-0.05, 0) is 67.9 Å². The Bertz CT molecular complexity index is 1490. The largest absolute Gasteiger partial charge is 0.497 e. The summed E-state index contributed by atoms with van der Waals surface area (Å²) in [6.45, 7) is 2.64. The predicted molar refractivity (Wildman–Crippen MR) is 137 cm³/mol. The second-order valence-electron chi connectivity index (χ2n) is 8.42. The van der Waals surface area contributed by atoms with Gasteiger partial charge in [0.05, 0.1) is 31.6 Å². The Hall–Kier alpha value is -4.59. The Morgan fingerprint density at radius 1 is 0.973 bits per heavy atom. The molecule has 2 heterocycles. The minimum atomic E-state index is -0.522. The van der Waals surface area contributed by atoms with Gasteiger partial charge in [0.25, 0.3) is 11.7 Å². The van der Waals surface area contributed by atoms with E-state index < -0.39 is 17.7 Å². The summed E-state index contributed by atoms with van der Waals surface area (Å²) in [6, 6.07) is 19.5. The molecule has 0 aliphatic carbocycles. The predicted octanol–water partition coefficient (Wildman–Crippen LogP) is 5.28. The maximum Gasteiger partial charge on any atom is 0.342 e. The number of benzene rings is 3. The minimum absolute atomic E-state index is 0.227. The van der Waals surface area contributed by atoms with E-state index in [1.165, 1.54) is 4.90 Å². The van der Waals surface area contributed by atoms with E-state index in [4.69, 9.17) is 18.6 Å². The fourth-order valence-corrected chi connectivity index (χ4v) is 4.40. The number of esters is 1. The molecule has 5 rings (SSSR count). The maximum absolute atomic E-state index is 12.9. The van der Waals surface area contributed by atoms with E-state index in [1.54, 1.807) is 68.6 Å². The van der Waals surface area contributed by atoms with Gasteiger partial charge < -0.3 is 23.5 Å². The lowest BCUT2D eigenvalue weighted by Gasteiger charge is -2.16. The van der Waals surface area contributed by atoms with Crippen molar-refractivity contribution >= 4 is 34.3 Å². The van der Waals surface area contributed by atoms with Crippen molar-refractivity contribution in [3.05, 3.63) is 77.9 Å². The molecule has 37 heavy (non-hydrogen) atoms. The zero-order valence-corrected chi connectivity index (χ0v) is 20.5. The molecule has 0 atom stereocenters. The van der Waals surface area contributed by atoms with Crippen LogP contribution in [-0.2, 0) is 9.53 Å². The van der Waals surface area contributed by atoms with Crippen LogP contribution in [-0.4, -0.2) is 44.5 Å². The zero-order valence-electron chi connectivity index (χ0n) is 20.5. The fraction of sp³-hybridized carbons (Fsp3) is 0.207. The summed E-state index contributed by atoms with van der Waals surface area (Å²) in [5.74, 6) is 0.151. The third-order valence-electron chi connectivity index (χ3n) is 6.16. The van der Waals surface area contributed by atoms with E-state index in [9.17, 15) is 14.4 Å². The second-order valence-corrected chi connectivity index (χ2v) is 8.42. The second kappa shape index (κ2) is 10.2. The van der Waals surface area contributed by atoms with Crippen molar-refractivity contribution in [1.82, 2.24) is 0 Å². The van der Waals surface area contributed by atoms with Crippen LogP contribution < -0.4 is 14.4 Å². The van der Waals surface area contributed by atoms with Gasteiger partial charge in [0.1, 0.15) is 28.4 Å². The summed E-state index contributed by atoms with van der Waals surface area (Å²) in [4.78, 5) is 38.9. The van der Waals surface area contributed by atoms with Gasteiger partial charge >= 0.3 is 5.97 Å². The van der Waals surface area contributed by atoms with E-state index in [0.717, 1.165) is 0 Å². The van der Waals surface area contributed by atoms with Gasteiger partial charge in [-0.2, -0.15) is 0 Å². The molecule has 1 amide bonds. The monoisotopic (exact) mass is 499 g/mol. The van der Waals surface area contributed by atoms with E-state index in [1.807, 2.05) is 12.1 Å². The molecule has 0 spiro atoms. The number of Topliss-reactive ketones (excluding diaryl/α,β-unsaturated/α-hetero) is 1. The zero-order chi connectivity index (χ0) is 25.9. The van der Waals surface area contributed by atoms with E-state index in [-0.39, 0.29) is 6.61 Å². The Morgan fingerprint density at radius 3 is 2.49 bits per heavy atom. The van der Waals surface area contributed by atoms with Gasteiger partial charge in [-0.25, -0.2) is 4.79 Å². The molecule has 188 valence electrons. The molecule has 4 aromatic rings. The van der Waals surface area contributed by atoms with E-state index >= 15 is 0 Å². The van der Waals surface area contributed by atoms with Crippen LogP contribution in [0.5, 0.6) is 11.5 Å². The van der Waals surface area contributed by atoms with Gasteiger partial charge in [-0.3, -0.25) is 9.59 Å². The molecule has 0 N–H and O–H groups in total. The highest BCUT2D eigenvalue weighted by molar-refractivity contribution is 6.52. The Balaban J connectivity index is 1.34. The lowest BCUT2D eigenvalue weighted by Crippen LogP contribution is -2.31. The topological polar surface area (TPSA) is 95.3 Å². The highest BCUT2D eigenvalue weighted by atomic mass is 16.5. The molecule has 0 unspecified atom stereocenters. The highest BCUT2D eigenvalue weighted by Gasteiger charge is 2.34. The number of ketones is 1. The van der Waals surface area contributed by atoms with Gasteiger partial charge in [-0.15, -0.1) is 0 Å². The Kier molecular flexibility index (Phi) is 6.64. The molecule has 0 radical (unpaired) electrons. The van der Waals surface area contributed by atoms with Crippen molar-refractivity contribution in [3.63, 3.8) is 0 Å². The first-order valence-electron chi connectivity index (χ1n) is 12.0. The first-order chi connectivity index (χ1) is 18.0. The molecule has 0 saturated heterocycles. The molecular weight excluding hydrogens is 474 g/mol. The van der Waals surface area contributed by atoms with Gasteiger partial charge in [0.15, 0.2) is 0 Å². The van der Waals surface area contributed by atoms with Crippen molar-refractivity contribution in [1.29, 1.82) is 0 Å². The average Bonchev–Trinajstić information content (AvgIpc) is 3.42.